The first-order valence-corrected chi connectivity index (χ1v) is 10.5. The van der Waals surface area contributed by atoms with Gasteiger partial charge in [0.25, 0.3) is 5.91 Å². The maximum absolute atomic E-state index is 13.8. The molecule has 0 aliphatic heterocycles. The molecule has 0 fully saturated rings. The van der Waals surface area contributed by atoms with E-state index in [9.17, 15) is 18.0 Å². The Labute approximate surface area is 189 Å². The summed E-state index contributed by atoms with van der Waals surface area (Å²) < 4.78 is 41.4. The van der Waals surface area contributed by atoms with Crippen molar-refractivity contribution in [1.29, 1.82) is 0 Å². The molecule has 1 atom stereocenters. The number of carbonyl (C=O) groups excluding carboxylic acids is 1. The third-order valence-electron chi connectivity index (χ3n) is 5.58. The molecule has 2 aromatic heterocycles. The van der Waals surface area contributed by atoms with Crippen molar-refractivity contribution in [2.24, 2.45) is 0 Å². The molecule has 1 aromatic carbocycles. The van der Waals surface area contributed by atoms with Gasteiger partial charge in [-0.2, -0.15) is 13.2 Å². The second kappa shape index (κ2) is 9.53. The van der Waals surface area contributed by atoms with Crippen LogP contribution in [0, 0.1) is 0 Å². The summed E-state index contributed by atoms with van der Waals surface area (Å²) in [4.78, 5) is 26.3. The number of hydrogen-bond acceptors (Lipinski definition) is 6. The zero-order chi connectivity index (χ0) is 23.4. The number of halogens is 3. The molecule has 172 valence electrons. The summed E-state index contributed by atoms with van der Waals surface area (Å²) in [5.41, 5.74) is 6.13. The molecule has 7 nitrogen and oxygen atoms in total. The number of pyridine rings is 1. The highest BCUT2D eigenvalue weighted by Crippen LogP contribution is 2.35. The van der Waals surface area contributed by atoms with E-state index in [1.165, 1.54) is 11.9 Å². The summed E-state index contributed by atoms with van der Waals surface area (Å²) in [6.07, 6.45) is -0.00858. The molecule has 0 bridgehead atoms. The third kappa shape index (κ3) is 5.11. The fraction of sp³-hybridized carbons (Fsp3) is 0.304. The highest BCUT2D eigenvalue weighted by atomic mass is 19.4. The van der Waals surface area contributed by atoms with Crippen molar-refractivity contribution in [1.82, 2.24) is 25.3 Å². The van der Waals surface area contributed by atoms with Gasteiger partial charge in [0.1, 0.15) is 0 Å². The van der Waals surface area contributed by atoms with Gasteiger partial charge in [0.05, 0.1) is 17.3 Å². The highest BCUT2D eigenvalue weighted by molar-refractivity contribution is 5.95. The smallest absolute Gasteiger partial charge is 0.333 e. The molecule has 4 rings (SSSR count). The van der Waals surface area contributed by atoms with Crippen LogP contribution in [0.2, 0.25) is 0 Å². The van der Waals surface area contributed by atoms with E-state index < -0.39 is 29.4 Å². The number of nitrogens with zero attached hydrogens (tertiary/aromatic N) is 4. The summed E-state index contributed by atoms with van der Waals surface area (Å²) >= 11 is 0. The zero-order valence-electron chi connectivity index (χ0n) is 17.9. The quantitative estimate of drug-likeness (QED) is 0.542. The molecule has 0 saturated heterocycles. The fourth-order valence-corrected chi connectivity index (χ4v) is 3.93. The molecule has 1 unspecified atom stereocenters. The standard InChI is InChI=1S/C23H23F3N6O/c1-32(18-11-5-9-16-10-6-12-27-19(16)18)21(33)17-14-28-22(30-20(17)23(24,25)26)31-29-13-15-7-3-2-4-8-15/h2-4,6-8,10,12,14,18,29H,5,9,11,13H2,1H3,(H,28,30,31). The Bertz CT molecular complexity index is 1120. The zero-order valence-corrected chi connectivity index (χ0v) is 17.9. The molecule has 10 heteroatoms. The van der Waals surface area contributed by atoms with Crippen molar-refractivity contribution in [3.05, 3.63) is 82.9 Å². The molecule has 1 aliphatic carbocycles. The SMILES string of the molecule is CN(C(=O)c1cnc(NNCc2ccccc2)nc1C(F)(F)F)C1CCCc2cccnc21. The van der Waals surface area contributed by atoms with Crippen LogP contribution in [0.25, 0.3) is 0 Å². The first-order valence-electron chi connectivity index (χ1n) is 10.5. The molecule has 1 amide bonds. The predicted molar refractivity (Wildman–Crippen MR) is 116 cm³/mol. The molecule has 2 heterocycles. The summed E-state index contributed by atoms with van der Waals surface area (Å²) in [5.74, 6) is -1.07. The number of hydrogen-bond donors (Lipinski definition) is 2. The number of hydrazine groups is 1. The first-order chi connectivity index (χ1) is 15.8. The van der Waals surface area contributed by atoms with Gasteiger partial charge in [-0.3, -0.25) is 15.2 Å². The van der Waals surface area contributed by atoms with Crippen molar-refractivity contribution < 1.29 is 18.0 Å². The molecule has 0 spiro atoms. The number of aryl methyl sites for hydroxylation is 1. The number of rotatable bonds is 6. The highest BCUT2D eigenvalue weighted by Gasteiger charge is 2.40. The number of nitrogens with one attached hydrogen (secondary N) is 2. The van der Waals surface area contributed by atoms with Crippen LogP contribution in [0.15, 0.2) is 54.9 Å². The Hall–Kier alpha value is -3.53. The van der Waals surface area contributed by atoms with Gasteiger partial charge in [0, 0.05) is 26.0 Å². The van der Waals surface area contributed by atoms with Gasteiger partial charge in [0.15, 0.2) is 5.69 Å². The molecule has 33 heavy (non-hydrogen) atoms. The topological polar surface area (TPSA) is 83.0 Å². The lowest BCUT2D eigenvalue weighted by atomic mass is 9.91. The molecule has 3 aromatic rings. The summed E-state index contributed by atoms with van der Waals surface area (Å²) in [6.45, 7) is 0.350. The summed E-state index contributed by atoms with van der Waals surface area (Å²) in [5, 5.41) is 0. The van der Waals surface area contributed by atoms with Crippen LogP contribution in [0.3, 0.4) is 0 Å². The lowest BCUT2D eigenvalue weighted by molar-refractivity contribution is -0.141. The van der Waals surface area contributed by atoms with Gasteiger partial charge in [-0.1, -0.05) is 36.4 Å². The fourth-order valence-electron chi connectivity index (χ4n) is 3.93. The van der Waals surface area contributed by atoms with Crippen LogP contribution >= 0.6 is 0 Å². The van der Waals surface area contributed by atoms with Gasteiger partial charge in [0.2, 0.25) is 5.95 Å². The van der Waals surface area contributed by atoms with Crippen LogP contribution in [-0.2, 0) is 19.1 Å². The minimum absolute atomic E-state index is 0.276. The second-order valence-corrected chi connectivity index (χ2v) is 7.79. The van der Waals surface area contributed by atoms with E-state index in [4.69, 9.17) is 0 Å². The number of benzene rings is 1. The van der Waals surface area contributed by atoms with E-state index >= 15 is 0 Å². The van der Waals surface area contributed by atoms with E-state index in [1.54, 1.807) is 6.20 Å². The monoisotopic (exact) mass is 456 g/mol. The van der Waals surface area contributed by atoms with Gasteiger partial charge in [-0.15, -0.1) is 0 Å². The maximum atomic E-state index is 13.8. The van der Waals surface area contributed by atoms with Crippen molar-refractivity contribution in [2.75, 3.05) is 12.5 Å². The Kier molecular flexibility index (Phi) is 6.55. The Morgan fingerprint density at radius 3 is 2.70 bits per heavy atom. The van der Waals surface area contributed by atoms with Crippen molar-refractivity contribution in [2.45, 2.75) is 38.0 Å². The van der Waals surface area contributed by atoms with Crippen LogP contribution in [-0.4, -0.2) is 32.8 Å². The van der Waals surface area contributed by atoms with Crippen LogP contribution in [0.4, 0.5) is 19.1 Å². The maximum Gasteiger partial charge on any atom is 0.434 e. The molecular formula is C23H23F3N6O. The summed E-state index contributed by atoms with van der Waals surface area (Å²) in [7, 11) is 1.49. The summed E-state index contributed by atoms with van der Waals surface area (Å²) in [6, 6.07) is 12.6. The molecule has 0 radical (unpaired) electrons. The van der Waals surface area contributed by atoms with Crippen molar-refractivity contribution in [3.63, 3.8) is 0 Å². The first kappa shape index (κ1) is 22.7. The number of fused-ring (bicyclic) bond motifs is 1. The number of amides is 1. The lowest BCUT2D eigenvalue weighted by Gasteiger charge is -2.32. The number of aromatic nitrogens is 3. The van der Waals surface area contributed by atoms with Gasteiger partial charge < -0.3 is 4.90 Å². The van der Waals surface area contributed by atoms with Crippen LogP contribution in [0.1, 0.15) is 51.8 Å². The molecule has 0 saturated carbocycles. The van der Waals surface area contributed by atoms with E-state index in [1.807, 2.05) is 42.5 Å². The van der Waals surface area contributed by atoms with E-state index in [2.05, 4.69) is 25.8 Å². The number of anilines is 1. The minimum Gasteiger partial charge on any atom is -0.333 e. The van der Waals surface area contributed by atoms with Gasteiger partial charge in [-0.25, -0.2) is 15.4 Å². The minimum atomic E-state index is -4.83. The second-order valence-electron chi connectivity index (χ2n) is 7.79. The Morgan fingerprint density at radius 2 is 1.94 bits per heavy atom. The van der Waals surface area contributed by atoms with Gasteiger partial charge >= 0.3 is 6.18 Å². The van der Waals surface area contributed by atoms with Crippen molar-refractivity contribution in [3.8, 4) is 0 Å². The lowest BCUT2D eigenvalue weighted by Crippen LogP contribution is -2.35. The molecule has 2 N–H and O–H groups in total. The predicted octanol–water partition coefficient (Wildman–Crippen LogP) is 4.16. The van der Waals surface area contributed by atoms with E-state index in [-0.39, 0.29) is 5.95 Å². The average Bonchev–Trinajstić information content (AvgIpc) is 2.83. The molecular weight excluding hydrogens is 433 g/mol. The van der Waals surface area contributed by atoms with Crippen LogP contribution in [0.5, 0.6) is 0 Å². The normalized spacial score (nSPS) is 15.6. The Morgan fingerprint density at radius 1 is 1.15 bits per heavy atom. The number of carbonyl (C=O) groups is 1. The van der Waals surface area contributed by atoms with E-state index in [0.717, 1.165) is 35.9 Å². The molecule has 1 aliphatic rings. The largest absolute Gasteiger partial charge is 0.434 e. The van der Waals surface area contributed by atoms with Gasteiger partial charge in [-0.05, 0) is 36.5 Å². The van der Waals surface area contributed by atoms with E-state index in [0.29, 0.717) is 13.0 Å². The number of alkyl halides is 3. The average molecular weight is 456 g/mol. The third-order valence-corrected chi connectivity index (χ3v) is 5.58. The van der Waals surface area contributed by atoms with Crippen molar-refractivity contribution >= 4 is 11.9 Å². The Balaban J connectivity index is 1.55. The van der Waals surface area contributed by atoms with Crippen LogP contribution < -0.4 is 10.9 Å².